The van der Waals surface area contributed by atoms with Crippen LogP contribution in [0.5, 0.6) is 0 Å². The molecule has 0 saturated heterocycles. The standard InChI is InChI=1S/C12H12O3S.Li/c1-8-7-10-5-3-4-6-11(10)12(9(8)2)16(13,14)15;/h3-7H,1-2H3,(H,13,14,15);/q;+1/p-1. The third-order valence-electron chi connectivity index (χ3n) is 2.76. The molecule has 0 atom stereocenters. The van der Waals surface area contributed by atoms with Crippen molar-refractivity contribution in [2.75, 3.05) is 0 Å². The van der Waals surface area contributed by atoms with E-state index in [0.717, 1.165) is 10.9 Å². The molecule has 0 aromatic heterocycles. The van der Waals surface area contributed by atoms with Crippen molar-refractivity contribution in [3.63, 3.8) is 0 Å². The van der Waals surface area contributed by atoms with Crippen LogP contribution >= 0.6 is 0 Å². The van der Waals surface area contributed by atoms with Gasteiger partial charge in [-0.05, 0) is 35.7 Å². The van der Waals surface area contributed by atoms with E-state index in [1.165, 1.54) is 0 Å². The minimum atomic E-state index is -4.43. The van der Waals surface area contributed by atoms with Crippen LogP contribution in [0.4, 0.5) is 0 Å². The van der Waals surface area contributed by atoms with Gasteiger partial charge in [0.2, 0.25) is 0 Å². The van der Waals surface area contributed by atoms with E-state index >= 15 is 0 Å². The third-order valence-corrected chi connectivity index (χ3v) is 3.79. The molecule has 2 rings (SSSR count). The molecule has 0 N–H and O–H groups in total. The van der Waals surface area contributed by atoms with E-state index in [1.54, 1.807) is 32.0 Å². The van der Waals surface area contributed by atoms with Crippen LogP contribution in [-0.2, 0) is 10.1 Å². The topological polar surface area (TPSA) is 57.2 Å². The van der Waals surface area contributed by atoms with Gasteiger partial charge in [-0.2, -0.15) is 0 Å². The molecule has 3 nitrogen and oxygen atoms in total. The zero-order valence-corrected chi connectivity index (χ0v) is 10.8. The summed E-state index contributed by atoms with van der Waals surface area (Å²) in [5.74, 6) is 0. The molecule has 84 valence electrons. The second-order valence-electron chi connectivity index (χ2n) is 3.82. The monoisotopic (exact) mass is 242 g/mol. The Hall–Kier alpha value is -0.793. The fourth-order valence-corrected chi connectivity index (χ4v) is 2.87. The van der Waals surface area contributed by atoms with Gasteiger partial charge in [-0.3, -0.25) is 0 Å². The van der Waals surface area contributed by atoms with Gasteiger partial charge in [0.05, 0.1) is 4.90 Å². The Morgan fingerprint density at radius 2 is 1.71 bits per heavy atom. The van der Waals surface area contributed by atoms with Gasteiger partial charge in [-0.15, -0.1) is 0 Å². The van der Waals surface area contributed by atoms with Gasteiger partial charge in [0.15, 0.2) is 0 Å². The fraction of sp³-hybridized carbons (Fsp3) is 0.167. The van der Waals surface area contributed by atoms with E-state index in [1.807, 2.05) is 12.1 Å². The van der Waals surface area contributed by atoms with Crippen molar-refractivity contribution in [2.45, 2.75) is 18.7 Å². The minimum Gasteiger partial charge on any atom is -0.744 e. The van der Waals surface area contributed by atoms with E-state index in [-0.39, 0.29) is 23.8 Å². The molecule has 0 aliphatic heterocycles. The van der Waals surface area contributed by atoms with Crippen molar-refractivity contribution >= 4 is 20.9 Å². The first-order valence-corrected chi connectivity index (χ1v) is 6.27. The molecule has 5 heteroatoms. The van der Waals surface area contributed by atoms with Crippen LogP contribution in [0.2, 0.25) is 0 Å². The van der Waals surface area contributed by atoms with Crippen molar-refractivity contribution < 1.29 is 31.8 Å². The number of fused-ring (bicyclic) bond motifs is 1. The quantitative estimate of drug-likeness (QED) is 0.494. The molecule has 0 radical (unpaired) electrons. The summed E-state index contributed by atoms with van der Waals surface area (Å²) in [6, 6.07) is 8.90. The molecule has 0 aliphatic carbocycles. The number of benzene rings is 2. The summed E-state index contributed by atoms with van der Waals surface area (Å²) < 4.78 is 33.8. The maximum Gasteiger partial charge on any atom is 1.00 e. The Kier molecular flexibility index (Phi) is 4.05. The summed E-state index contributed by atoms with van der Waals surface area (Å²) >= 11 is 0. The maximum atomic E-state index is 11.3. The predicted octanol–water partition coefficient (Wildman–Crippen LogP) is -0.635. The predicted molar refractivity (Wildman–Crippen MR) is 61.4 cm³/mol. The molecule has 0 spiro atoms. The zero-order chi connectivity index (χ0) is 11.9. The van der Waals surface area contributed by atoms with E-state index in [4.69, 9.17) is 0 Å². The Balaban J connectivity index is 0.00000144. The summed E-state index contributed by atoms with van der Waals surface area (Å²) in [4.78, 5) is -0.0944. The van der Waals surface area contributed by atoms with Crippen LogP contribution < -0.4 is 18.9 Å². The zero-order valence-electron chi connectivity index (χ0n) is 10.0. The van der Waals surface area contributed by atoms with E-state index < -0.39 is 10.1 Å². The molecular formula is C12H11LiO3S. The second-order valence-corrected chi connectivity index (χ2v) is 5.14. The van der Waals surface area contributed by atoms with Crippen molar-refractivity contribution in [2.24, 2.45) is 0 Å². The SMILES string of the molecule is Cc1cc2ccccc2c(S(=O)(=O)[O-])c1C.[Li+]. The minimum absolute atomic E-state index is 0. The van der Waals surface area contributed by atoms with Gasteiger partial charge in [-0.1, -0.05) is 30.3 Å². The van der Waals surface area contributed by atoms with Crippen LogP contribution in [0.25, 0.3) is 10.8 Å². The molecule has 0 aliphatic rings. The van der Waals surface area contributed by atoms with Crippen LogP contribution in [0, 0.1) is 13.8 Å². The number of hydrogen-bond acceptors (Lipinski definition) is 3. The normalized spacial score (nSPS) is 11.2. The molecule has 0 saturated carbocycles. The molecule has 0 bridgehead atoms. The molecule has 0 amide bonds. The number of rotatable bonds is 1. The van der Waals surface area contributed by atoms with Crippen LogP contribution in [0.15, 0.2) is 35.2 Å². The average molecular weight is 242 g/mol. The molecule has 0 heterocycles. The van der Waals surface area contributed by atoms with E-state index in [9.17, 15) is 13.0 Å². The summed E-state index contributed by atoms with van der Waals surface area (Å²) in [7, 11) is -4.43. The first-order valence-electron chi connectivity index (χ1n) is 4.86. The third kappa shape index (κ3) is 2.56. The van der Waals surface area contributed by atoms with Gasteiger partial charge < -0.3 is 4.55 Å². The summed E-state index contributed by atoms with van der Waals surface area (Å²) in [5, 5.41) is 1.28. The van der Waals surface area contributed by atoms with Gasteiger partial charge in [-0.25, -0.2) is 8.42 Å². The van der Waals surface area contributed by atoms with Crippen LogP contribution in [0.3, 0.4) is 0 Å². The first-order chi connectivity index (χ1) is 7.41. The Morgan fingerprint density at radius 1 is 1.12 bits per heavy atom. The van der Waals surface area contributed by atoms with Gasteiger partial charge in [0, 0.05) is 0 Å². The fourth-order valence-electron chi connectivity index (χ4n) is 1.87. The smallest absolute Gasteiger partial charge is 0.744 e. The molecule has 17 heavy (non-hydrogen) atoms. The second kappa shape index (κ2) is 4.83. The Morgan fingerprint density at radius 3 is 2.29 bits per heavy atom. The summed E-state index contributed by atoms with van der Waals surface area (Å²) in [6.07, 6.45) is 0. The molecule has 2 aromatic rings. The van der Waals surface area contributed by atoms with Crippen molar-refractivity contribution in [3.8, 4) is 0 Å². The largest absolute Gasteiger partial charge is 1.00 e. The molecule has 0 fully saturated rings. The van der Waals surface area contributed by atoms with Crippen LogP contribution in [0.1, 0.15) is 11.1 Å². The van der Waals surface area contributed by atoms with Crippen LogP contribution in [-0.4, -0.2) is 13.0 Å². The average Bonchev–Trinajstić information content (AvgIpc) is 2.17. The number of hydrogen-bond donors (Lipinski definition) is 0. The van der Waals surface area contributed by atoms with Crippen molar-refractivity contribution in [3.05, 3.63) is 41.5 Å². The number of aryl methyl sites for hydroxylation is 1. The molecular weight excluding hydrogens is 231 g/mol. The van der Waals surface area contributed by atoms with Crippen molar-refractivity contribution in [1.82, 2.24) is 0 Å². The van der Waals surface area contributed by atoms with E-state index in [2.05, 4.69) is 0 Å². The molecule has 0 unspecified atom stereocenters. The van der Waals surface area contributed by atoms with Gasteiger partial charge >= 0.3 is 18.9 Å². The van der Waals surface area contributed by atoms with Gasteiger partial charge in [0.25, 0.3) is 0 Å². The van der Waals surface area contributed by atoms with E-state index in [0.29, 0.717) is 10.9 Å². The Bertz CT molecular complexity index is 663. The van der Waals surface area contributed by atoms with Crippen molar-refractivity contribution in [1.29, 1.82) is 0 Å². The summed E-state index contributed by atoms with van der Waals surface area (Å²) in [5.41, 5.74) is 1.35. The Labute approximate surface area is 113 Å². The maximum absolute atomic E-state index is 11.3. The summed E-state index contributed by atoms with van der Waals surface area (Å²) in [6.45, 7) is 3.46. The van der Waals surface area contributed by atoms with Gasteiger partial charge in [0.1, 0.15) is 10.1 Å². The molecule has 2 aromatic carbocycles. The first kappa shape index (κ1) is 14.3.